The van der Waals surface area contributed by atoms with E-state index in [1.54, 1.807) is 12.1 Å². The van der Waals surface area contributed by atoms with Crippen LogP contribution in [0.4, 0.5) is 14.9 Å². The van der Waals surface area contributed by atoms with E-state index in [2.05, 4.69) is 5.32 Å². The number of hydrogen-bond acceptors (Lipinski definition) is 1. The van der Waals surface area contributed by atoms with E-state index in [-0.39, 0.29) is 17.9 Å². The molecular formula is C21H19FN2O. The van der Waals surface area contributed by atoms with Crippen molar-refractivity contribution in [2.24, 2.45) is 0 Å². The van der Waals surface area contributed by atoms with Crippen LogP contribution < -0.4 is 5.32 Å². The minimum absolute atomic E-state index is 0.108. The predicted octanol–water partition coefficient (Wildman–Crippen LogP) is 5.18. The molecule has 4 heteroatoms. The average molecular weight is 334 g/mol. The fourth-order valence-electron chi connectivity index (χ4n) is 3.06. The van der Waals surface area contributed by atoms with Crippen LogP contribution in [0.25, 0.3) is 10.8 Å². The van der Waals surface area contributed by atoms with Gasteiger partial charge in [-0.1, -0.05) is 48.5 Å². The lowest BCUT2D eigenvalue weighted by molar-refractivity contribution is 0.206. The summed E-state index contributed by atoms with van der Waals surface area (Å²) in [5.41, 5.74) is 1.74. The molecule has 1 aliphatic carbocycles. The van der Waals surface area contributed by atoms with Crippen LogP contribution in [0.5, 0.6) is 0 Å². The van der Waals surface area contributed by atoms with Crippen molar-refractivity contribution in [1.29, 1.82) is 0 Å². The number of fused-ring (bicyclic) bond motifs is 1. The maximum atomic E-state index is 13.1. The Morgan fingerprint density at radius 1 is 1.00 bits per heavy atom. The molecule has 4 rings (SSSR count). The lowest BCUT2D eigenvalue weighted by Gasteiger charge is -2.23. The van der Waals surface area contributed by atoms with E-state index in [1.165, 1.54) is 12.1 Å². The Morgan fingerprint density at radius 3 is 2.48 bits per heavy atom. The Labute approximate surface area is 146 Å². The molecule has 126 valence electrons. The molecule has 3 aromatic carbocycles. The van der Waals surface area contributed by atoms with Crippen molar-refractivity contribution in [3.8, 4) is 0 Å². The van der Waals surface area contributed by atoms with Crippen molar-refractivity contribution in [1.82, 2.24) is 4.90 Å². The Kier molecular flexibility index (Phi) is 4.10. The molecule has 0 aromatic heterocycles. The van der Waals surface area contributed by atoms with E-state index >= 15 is 0 Å². The van der Waals surface area contributed by atoms with Gasteiger partial charge in [0.25, 0.3) is 0 Å². The Balaban J connectivity index is 1.55. The van der Waals surface area contributed by atoms with Gasteiger partial charge in [0, 0.05) is 18.0 Å². The third kappa shape index (κ3) is 3.48. The second-order valence-corrected chi connectivity index (χ2v) is 6.44. The topological polar surface area (TPSA) is 32.3 Å². The summed E-state index contributed by atoms with van der Waals surface area (Å²) in [6.45, 7) is 0.488. The summed E-state index contributed by atoms with van der Waals surface area (Å²) in [6, 6.07) is 20.4. The number of halogens is 1. The standard InChI is InChI=1S/C21H19FN2O/c22-17-10-8-15(9-11-17)14-24(18-12-13-18)21(25)23-20-7-3-5-16-4-1-2-6-19(16)20/h1-11,18H,12-14H2,(H,23,25). The number of benzene rings is 3. The molecule has 0 aliphatic heterocycles. The monoisotopic (exact) mass is 334 g/mol. The summed E-state index contributed by atoms with van der Waals surface area (Å²) in [5.74, 6) is -0.262. The van der Waals surface area contributed by atoms with Gasteiger partial charge in [0.1, 0.15) is 5.82 Å². The van der Waals surface area contributed by atoms with Crippen LogP contribution in [0.3, 0.4) is 0 Å². The largest absolute Gasteiger partial charge is 0.322 e. The van der Waals surface area contributed by atoms with Crippen molar-refractivity contribution >= 4 is 22.5 Å². The van der Waals surface area contributed by atoms with Crippen molar-refractivity contribution in [2.45, 2.75) is 25.4 Å². The number of urea groups is 1. The zero-order valence-electron chi connectivity index (χ0n) is 13.8. The number of amides is 2. The van der Waals surface area contributed by atoms with Crippen molar-refractivity contribution < 1.29 is 9.18 Å². The molecule has 0 bridgehead atoms. The number of nitrogens with one attached hydrogen (secondary N) is 1. The molecule has 0 spiro atoms. The number of anilines is 1. The van der Waals surface area contributed by atoms with E-state index in [0.717, 1.165) is 34.9 Å². The summed E-state index contributed by atoms with van der Waals surface area (Å²) in [4.78, 5) is 14.7. The molecule has 1 aliphatic rings. The molecule has 1 saturated carbocycles. The number of nitrogens with zero attached hydrogens (tertiary/aromatic N) is 1. The molecule has 0 saturated heterocycles. The molecule has 2 amide bonds. The highest BCUT2D eigenvalue weighted by Gasteiger charge is 2.32. The second kappa shape index (κ2) is 6.55. The van der Waals surface area contributed by atoms with Gasteiger partial charge < -0.3 is 10.2 Å². The third-order valence-corrected chi connectivity index (χ3v) is 4.55. The lowest BCUT2D eigenvalue weighted by atomic mass is 10.1. The second-order valence-electron chi connectivity index (χ2n) is 6.44. The highest BCUT2D eigenvalue weighted by Crippen LogP contribution is 2.30. The molecule has 0 atom stereocenters. The minimum Gasteiger partial charge on any atom is -0.317 e. The van der Waals surface area contributed by atoms with Gasteiger partial charge in [-0.2, -0.15) is 0 Å². The zero-order valence-corrected chi connectivity index (χ0v) is 13.8. The first-order valence-electron chi connectivity index (χ1n) is 8.50. The van der Waals surface area contributed by atoms with Crippen LogP contribution in [0.2, 0.25) is 0 Å². The maximum Gasteiger partial charge on any atom is 0.322 e. The van der Waals surface area contributed by atoms with Crippen LogP contribution >= 0.6 is 0 Å². The number of carbonyl (C=O) groups excluding carboxylic acids is 1. The smallest absolute Gasteiger partial charge is 0.317 e. The van der Waals surface area contributed by atoms with Gasteiger partial charge in [-0.3, -0.25) is 0 Å². The van der Waals surface area contributed by atoms with Crippen LogP contribution in [-0.2, 0) is 6.54 Å². The normalized spacial score (nSPS) is 13.6. The summed E-state index contributed by atoms with van der Waals surface area (Å²) in [6.07, 6.45) is 2.04. The highest BCUT2D eigenvalue weighted by atomic mass is 19.1. The predicted molar refractivity (Wildman–Crippen MR) is 97.9 cm³/mol. The first-order chi connectivity index (χ1) is 12.2. The number of hydrogen-bond donors (Lipinski definition) is 1. The van der Waals surface area contributed by atoms with E-state index in [0.29, 0.717) is 6.54 Å². The fraction of sp³-hybridized carbons (Fsp3) is 0.190. The summed E-state index contributed by atoms with van der Waals surface area (Å²) < 4.78 is 13.1. The SMILES string of the molecule is O=C(Nc1cccc2ccccc12)N(Cc1ccc(F)cc1)C1CC1. The van der Waals surface area contributed by atoms with E-state index < -0.39 is 0 Å². The summed E-state index contributed by atoms with van der Waals surface area (Å²) in [7, 11) is 0. The van der Waals surface area contributed by atoms with Gasteiger partial charge >= 0.3 is 6.03 Å². The Hall–Kier alpha value is -2.88. The summed E-state index contributed by atoms with van der Waals surface area (Å²) in [5, 5.41) is 5.17. The number of rotatable bonds is 4. The van der Waals surface area contributed by atoms with E-state index in [9.17, 15) is 9.18 Å². The molecular weight excluding hydrogens is 315 g/mol. The van der Waals surface area contributed by atoms with Gasteiger partial charge in [0.05, 0.1) is 5.69 Å². The fourth-order valence-corrected chi connectivity index (χ4v) is 3.06. The van der Waals surface area contributed by atoms with Gasteiger partial charge in [-0.25, -0.2) is 9.18 Å². The summed E-state index contributed by atoms with van der Waals surface area (Å²) >= 11 is 0. The molecule has 0 radical (unpaired) electrons. The van der Waals surface area contributed by atoms with Gasteiger partial charge in [0.2, 0.25) is 0 Å². The molecule has 1 N–H and O–H groups in total. The molecule has 3 aromatic rings. The van der Waals surface area contributed by atoms with Crippen LogP contribution in [-0.4, -0.2) is 17.0 Å². The first-order valence-corrected chi connectivity index (χ1v) is 8.50. The van der Waals surface area contributed by atoms with Crippen molar-refractivity contribution in [2.75, 3.05) is 5.32 Å². The van der Waals surface area contributed by atoms with Crippen molar-refractivity contribution in [3.63, 3.8) is 0 Å². The highest BCUT2D eigenvalue weighted by molar-refractivity contribution is 6.01. The van der Waals surface area contributed by atoms with Crippen LogP contribution in [0.1, 0.15) is 18.4 Å². The molecule has 25 heavy (non-hydrogen) atoms. The molecule has 0 unspecified atom stereocenters. The van der Waals surface area contributed by atoms with Gasteiger partial charge in [-0.15, -0.1) is 0 Å². The zero-order chi connectivity index (χ0) is 17.2. The quantitative estimate of drug-likeness (QED) is 0.701. The molecule has 3 nitrogen and oxygen atoms in total. The van der Waals surface area contributed by atoms with Crippen LogP contribution in [0, 0.1) is 5.82 Å². The minimum atomic E-state index is -0.262. The van der Waals surface area contributed by atoms with E-state index in [1.807, 2.05) is 47.4 Å². The van der Waals surface area contributed by atoms with Gasteiger partial charge in [-0.05, 0) is 42.0 Å². The maximum absolute atomic E-state index is 13.1. The van der Waals surface area contributed by atoms with E-state index in [4.69, 9.17) is 0 Å². The number of carbonyl (C=O) groups is 1. The third-order valence-electron chi connectivity index (χ3n) is 4.55. The molecule has 0 heterocycles. The van der Waals surface area contributed by atoms with Crippen molar-refractivity contribution in [3.05, 3.63) is 78.1 Å². The molecule has 1 fully saturated rings. The van der Waals surface area contributed by atoms with Crippen LogP contribution in [0.15, 0.2) is 66.7 Å². The lowest BCUT2D eigenvalue weighted by Crippen LogP contribution is -2.36. The average Bonchev–Trinajstić information content (AvgIpc) is 3.46. The Morgan fingerprint density at radius 2 is 1.72 bits per heavy atom. The first kappa shape index (κ1) is 15.6. The van der Waals surface area contributed by atoms with Gasteiger partial charge in [0.15, 0.2) is 0 Å². The Bertz CT molecular complexity index is 898.